The molecule has 4 aromatic rings. The van der Waals surface area contributed by atoms with Gasteiger partial charge in [0.25, 0.3) is 0 Å². The van der Waals surface area contributed by atoms with Gasteiger partial charge in [-0.25, -0.2) is 14.8 Å². The first kappa shape index (κ1) is 23.3. The summed E-state index contributed by atoms with van der Waals surface area (Å²) in [6, 6.07) is 27.2. The van der Waals surface area contributed by atoms with Crippen molar-refractivity contribution in [3.63, 3.8) is 0 Å². The van der Waals surface area contributed by atoms with E-state index in [4.69, 9.17) is 4.74 Å². The smallest absolute Gasteiger partial charge is 0.319 e. The maximum absolute atomic E-state index is 12.2. The predicted molar refractivity (Wildman–Crippen MR) is 143 cm³/mol. The van der Waals surface area contributed by atoms with E-state index < -0.39 is 0 Å². The zero-order valence-corrected chi connectivity index (χ0v) is 19.9. The molecule has 1 fully saturated rings. The highest BCUT2D eigenvalue weighted by atomic mass is 16.5. The van der Waals surface area contributed by atoms with E-state index in [1.165, 1.54) is 5.69 Å². The first-order chi connectivity index (χ1) is 17.7. The minimum Gasteiger partial charge on any atom is -0.378 e. The molecule has 0 bridgehead atoms. The van der Waals surface area contributed by atoms with Crippen LogP contribution in [0.4, 0.5) is 27.8 Å². The Kier molecular flexibility index (Phi) is 7.34. The van der Waals surface area contributed by atoms with Crippen LogP contribution in [-0.2, 0) is 11.3 Å². The Morgan fingerprint density at radius 3 is 2.33 bits per heavy atom. The lowest BCUT2D eigenvalue weighted by molar-refractivity contribution is 0.122. The molecule has 0 atom stereocenters. The molecule has 0 spiro atoms. The van der Waals surface area contributed by atoms with Gasteiger partial charge in [0, 0.05) is 48.5 Å². The summed E-state index contributed by atoms with van der Waals surface area (Å²) < 4.78 is 5.43. The fourth-order valence-corrected chi connectivity index (χ4v) is 3.96. The molecule has 1 aliphatic rings. The average Bonchev–Trinajstić information content (AvgIpc) is 2.94. The van der Waals surface area contributed by atoms with Gasteiger partial charge in [-0.3, -0.25) is 0 Å². The second-order valence-corrected chi connectivity index (χ2v) is 8.41. The highest BCUT2D eigenvalue weighted by Gasteiger charge is 2.11. The molecule has 2 amide bonds. The number of urea groups is 1. The molecule has 36 heavy (non-hydrogen) atoms. The monoisotopic (exact) mass is 480 g/mol. The maximum atomic E-state index is 12.2. The molecule has 0 saturated carbocycles. The van der Waals surface area contributed by atoms with Crippen molar-refractivity contribution in [2.75, 3.05) is 41.8 Å². The van der Waals surface area contributed by atoms with Crippen molar-refractivity contribution in [3.05, 3.63) is 96.7 Å². The molecule has 8 heteroatoms. The van der Waals surface area contributed by atoms with Crippen LogP contribution < -0.4 is 20.9 Å². The van der Waals surface area contributed by atoms with E-state index in [1.807, 2.05) is 72.8 Å². The Bertz CT molecular complexity index is 1270. The number of nitrogens with one attached hydrogen (secondary N) is 3. The quantitative estimate of drug-likeness (QED) is 0.343. The van der Waals surface area contributed by atoms with Crippen LogP contribution in [0.25, 0.3) is 11.3 Å². The molecule has 8 nitrogen and oxygen atoms in total. The summed E-state index contributed by atoms with van der Waals surface area (Å²) in [5.41, 5.74) is 5.57. The summed E-state index contributed by atoms with van der Waals surface area (Å²) in [6.07, 6.45) is 1.73. The minimum absolute atomic E-state index is 0.250. The van der Waals surface area contributed by atoms with Crippen molar-refractivity contribution in [2.24, 2.45) is 0 Å². The van der Waals surface area contributed by atoms with Crippen molar-refractivity contribution >= 4 is 29.0 Å². The van der Waals surface area contributed by atoms with Crippen LogP contribution in [0.2, 0.25) is 0 Å². The number of anilines is 4. The summed E-state index contributed by atoms with van der Waals surface area (Å²) in [7, 11) is 0. The van der Waals surface area contributed by atoms with Crippen molar-refractivity contribution in [1.29, 1.82) is 0 Å². The zero-order chi connectivity index (χ0) is 24.6. The first-order valence-electron chi connectivity index (χ1n) is 11.9. The van der Waals surface area contributed by atoms with Gasteiger partial charge in [0.1, 0.15) is 0 Å². The van der Waals surface area contributed by atoms with Crippen LogP contribution >= 0.6 is 0 Å². The van der Waals surface area contributed by atoms with Gasteiger partial charge in [-0.05, 0) is 48.0 Å². The van der Waals surface area contributed by atoms with Gasteiger partial charge in [0.15, 0.2) is 0 Å². The molecule has 5 rings (SSSR count). The Balaban J connectivity index is 1.18. The van der Waals surface area contributed by atoms with E-state index >= 15 is 0 Å². The van der Waals surface area contributed by atoms with Crippen LogP contribution in [0.3, 0.4) is 0 Å². The summed E-state index contributed by atoms with van der Waals surface area (Å²) in [5.74, 6) is 0.522. The number of ether oxygens (including phenoxy) is 1. The molecule has 0 aliphatic carbocycles. The van der Waals surface area contributed by atoms with E-state index in [1.54, 1.807) is 6.20 Å². The van der Waals surface area contributed by atoms with Gasteiger partial charge >= 0.3 is 6.03 Å². The second-order valence-electron chi connectivity index (χ2n) is 8.41. The summed E-state index contributed by atoms with van der Waals surface area (Å²) in [5, 5.41) is 9.00. The lowest BCUT2D eigenvalue weighted by Crippen LogP contribution is -2.36. The minimum atomic E-state index is -0.250. The summed E-state index contributed by atoms with van der Waals surface area (Å²) in [4.78, 5) is 23.5. The molecule has 3 aromatic carbocycles. The number of hydrogen-bond donors (Lipinski definition) is 3. The number of rotatable bonds is 7. The molecule has 0 unspecified atom stereocenters. The van der Waals surface area contributed by atoms with Crippen LogP contribution in [0, 0.1) is 0 Å². The fraction of sp³-hybridized carbons (Fsp3) is 0.179. The predicted octanol–water partition coefficient (Wildman–Crippen LogP) is 5.05. The largest absolute Gasteiger partial charge is 0.378 e. The highest BCUT2D eigenvalue weighted by Crippen LogP contribution is 2.23. The number of aromatic nitrogens is 2. The van der Waals surface area contributed by atoms with Gasteiger partial charge in [-0.2, -0.15) is 0 Å². The summed E-state index contributed by atoms with van der Waals surface area (Å²) in [6.45, 7) is 3.81. The maximum Gasteiger partial charge on any atom is 0.319 e. The van der Waals surface area contributed by atoms with E-state index in [9.17, 15) is 4.79 Å². The Morgan fingerprint density at radius 2 is 1.58 bits per heavy atom. The third kappa shape index (κ3) is 6.17. The van der Waals surface area contributed by atoms with Crippen LogP contribution in [-0.4, -0.2) is 42.3 Å². The lowest BCUT2D eigenvalue weighted by Gasteiger charge is -2.28. The lowest BCUT2D eigenvalue weighted by atomic mass is 10.1. The number of benzene rings is 3. The molecule has 1 aliphatic heterocycles. The van der Waals surface area contributed by atoms with Gasteiger partial charge in [-0.1, -0.05) is 42.5 Å². The molecule has 182 valence electrons. The van der Waals surface area contributed by atoms with E-state index in [-0.39, 0.29) is 6.03 Å². The van der Waals surface area contributed by atoms with Crippen molar-refractivity contribution in [3.8, 4) is 11.3 Å². The van der Waals surface area contributed by atoms with E-state index in [0.717, 1.165) is 48.8 Å². The SMILES string of the molecule is O=C(NCc1ccccc1)Nc1ccc(-c2ccnc(Nc3ccc(N4CCOCC4)cc3)n2)cc1. The number of carbonyl (C=O) groups excluding carboxylic acids is 1. The van der Waals surface area contributed by atoms with Crippen LogP contribution in [0.1, 0.15) is 5.56 Å². The molecule has 1 aromatic heterocycles. The van der Waals surface area contributed by atoms with Gasteiger partial charge in [-0.15, -0.1) is 0 Å². The normalized spacial score (nSPS) is 13.2. The van der Waals surface area contributed by atoms with E-state index in [2.05, 4.69) is 43.0 Å². The zero-order valence-electron chi connectivity index (χ0n) is 19.9. The van der Waals surface area contributed by atoms with Crippen molar-refractivity contribution < 1.29 is 9.53 Å². The third-order valence-corrected chi connectivity index (χ3v) is 5.89. The standard InChI is InChI=1S/C28H28N6O2/c35-28(30-20-21-4-2-1-3-5-21)32-24-8-6-22(7-9-24)26-14-15-29-27(33-26)31-23-10-12-25(13-11-23)34-16-18-36-19-17-34/h1-15H,16-20H2,(H,29,31,33)(H2,30,32,35). The number of amides is 2. The average molecular weight is 481 g/mol. The molecule has 1 saturated heterocycles. The number of carbonyl (C=O) groups is 1. The Morgan fingerprint density at radius 1 is 0.861 bits per heavy atom. The van der Waals surface area contributed by atoms with Crippen LogP contribution in [0.15, 0.2) is 91.1 Å². The third-order valence-electron chi connectivity index (χ3n) is 5.89. The summed E-state index contributed by atoms with van der Waals surface area (Å²) >= 11 is 0. The second kappa shape index (κ2) is 11.3. The number of morpholine rings is 1. The van der Waals surface area contributed by atoms with Gasteiger partial charge in [0.2, 0.25) is 5.95 Å². The molecular weight excluding hydrogens is 452 g/mol. The topological polar surface area (TPSA) is 91.4 Å². The van der Waals surface area contributed by atoms with Crippen molar-refractivity contribution in [2.45, 2.75) is 6.54 Å². The molecule has 2 heterocycles. The number of nitrogens with zero attached hydrogens (tertiary/aromatic N) is 3. The van der Waals surface area contributed by atoms with Crippen molar-refractivity contribution in [1.82, 2.24) is 15.3 Å². The van der Waals surface area contributed by atoms with Gasteiger partial charge in [0.05, 0.1) is 18.9 Å². The first-order valence-corrected chi connectivity index (χ1v) is 11.9. The fourth-order valence-electron chi connectivity index (χ4n) is 3.96. The van der Waals surface area contributed by atoms with Gasteiger partial charge < -0.3 is 25.6 Å². The Labute approximate surface area is 210 Å². The van der Waals surface area contributed by atoms with Crippen LogP contribution in [0.5, 0.6) is 0 Å². The highest BCUT2D eigenvalue weighted by molar-refractivity contribution is 5.89. The van der Waals surface area contributed by atoms with E-state index in [0.29, 0.717) is 18.2 Å². The Hall–Kier alpha value is -4.43. The molecular formula is C28H28N6O2. The molecule has 0 radical (unpaired) electrons. The number of hydrogen-bond acceptors (Lipinski definition) is 6. The molecule has 3 N–H and O–H groups in total.